The Balaban J connectivity index is 1.58. The number of aliphatic hydroxyl groups excluding tert-OH is 1. The molecule has 37 heavy (non-hydrogen) atoms. The molecule has 198 valence electrons. The van der Waals surface area contributed by atoms with Gasteiger partial charge in [-0.15, -0.1) is 4.68 Å². The highest BCUT2D eigenvalue weighted by Crippen LogP contribution is 2.35. The number of anilines is 1. The Labute approximate surface area is 210 Å². The molecule has 1 aliphatic heterocycles. The number of hydrogen-bond acceptors (Lipinski definition) is 10. The summed E-state index contributed by atoms with van der Waals surface area (Å²) in [6.45, 7) is -0.861. The van der Waals surface area contributed by atoms with Gasteiger partial charge in [-0.3, -0.25) is 4.57 Å². The normalized spacial score (nSPS) is 21.9. The zero-order valence-corrected chi connectivity index (χ0v) is 19.5. The van der Waals surface area contributed by atoms with Gasteiger partial charge in [0.1, 0.15) is 17.7 Å². The summed E-state index contributed by atoms with van der Waals surface area (Å²) < 4.78 is 28.0. The van der Waals surface area contributed by atoms with Gasteiger partial charge in [0.15, 0.2) is 30.9 Å². The van der Waals surface area contributed by atoms with Gasteiger partial charge in [0.05, 0.1) is 18.6 Å². The molecule has 0 unspecified atom stereocenters. The van der Waals surface area contributed by atoms with E-state index in [1.54, 1.807) is 0 Å². The van der Waals surface area contributed by atoms with Crippen LogP contribution in [-0.4, -0.2) is 93.5 Å². The highest BCUT2D eigenvalue weighted by molar-refractivity contribution is 6.28. The minimum atomic E-state index is -2.93. The molecule has 0 aliphatic carbocycles. The Bertz CT molecular complexity index is 1380. The number of halogens is 2. The smallest absolute Gasteiger partial charge is 0.403 e. The van der Waals surface area contributed by atoms with E-state index in [1.807, 2.05) is 0 Å². The van der Waals surface area contributed by atoms with Crippen LogP contribution in [0.3, 0.4) is 0 Å². The van der Waals surface area contributed by atoms with Gasteiger partial charge in [0, 0.05) is 12.5 Å². The van der Waals surface area contributed by atoms with Crippen LogP contribution in [-0.2, 0) is 32.5 Å². The molecule has 0 spiro atoms. The van der Waals surface area contributed by atoms with E-state index < -0.39 is 61.1 Å². The summed E-state index contributed by atoms with van der Waals surface area (Å²) >= 11 is 5.81. The molecule has 18 heteroatoms. The summed E-state index contributed by atoms with van der Waals surface area (Å²) in [4.78, 5) is 47.0. The molecular weight excluding hydrogens is 525 g/mol. The third-order valence-corrected chi connectivity index (χ3v) is 5.99. The minimum absolute atomic E-state index is 0.00168. The van der Waals surface area contributed by atoms with Crippen molar-refractivity contribution >= 4 is 46.5 Å². The molecule has 1 saturated heterocycles. The highest BCUT2D eigenvalue weighted by atomic mass is 35.5. The van der Waals surface area contributed by atoms with Crippen LogP contribution in [0.15, 0.2) is 12.4 Å². The van der Waals surface area contributed by atoms with Crippen molar-refractivity contribution in [3.63, 3.8) is 0 Å². The third kappa shape index (κ3) is 4.52. The number of carboxylic acids is 3. The number of aliphatic hydroxyl groups is 1. The molecule has 1 aliphatic rings. The van der Waals surface area contributed by atoms with Gasteiger partial charge in [-0.05, 0) is 11.6 Å². The number of alkyl halides is 1. The number of H-pyrrole nitrogens is 1. The molecule has 0 aromatic carbocycles. The van der Waals surface area contributed by atoms with E-state index in [0.29, 0.717) is 0 Å². The Morgan fingerprint density at radius 1 is 1.32 bits per heavy atom. The average molecular weight is 545 g/mol. The van der Waals surface area contributed by atoms with Crippen LogP contribution in [0.5, 0.6) is 0 Å². The number of nitrogens with zero attached hydrogens (tertiary/aromatic N) is 5. The summed E-state index contributed by atoms with van der Waals surface area (Å²) in [5, 5.41) is 41.3. The second kappa shape index (κ2) is 9.51. The summed E-state index contributed by atoms with van der Waals surface area (Å²) in [6, 6.07) is 1.05. The first kappa shape index (κ1) is 26.1. The topological polar surface area (TPSA) is 240 Å². The number of fused-ring (bicyclic) bond motifs is 1. The van der Waals surface area contributed by atoms with Crippen LogP contribution in [0.2, 0.25) is 5.28 Å². The fourth-order valence-electron chi connectivity index (χ4n) is 3.94. The summed E-state index contributed by atoms with van der Waals surface area (Å²) in [6.07, 6.45) is -6.69. The van der Waals surface area contributed by atoms with Crippen molar-refractivity contribution in [1.29, 1.82) is 0 Å². The molecule has 0 saturated carbocycles. The number of carboxylic acid groups (broad SMARTS) is 3. The number of ether oxygens (including phenoxy) is 2. The lowest BCUT2D eigenvalue weighted by molar-refractivity contribution is -0.729. The molecule has 0 amide bonds. The SMILES string of the molecule is C[n+]1[nH]c(CC(OC[C@H]2O[C@@H](n3cnc4c(N)nc(Cl)nc43)[C@@H](F)[C@@H]2O)(C(=O)O)C(=O)O)cc1C(=O)O. The fourth-order valence-corrected chi connectivity index (χ4v) is 4.11. The fraction of sp³-hybridized carbons (Fsp3) is 0.421. The van der Waals surface area contributed by atoms with Gasteiger partial charge in [-0.2, -0.15) is 15.1 Å². The Kier molecular flexibility index (Phi) is 6.72. The summed E-state index contributed by atoms with van der Waals surface area (Å²) in [7, 11) is 1.33. The summed E-state index contributed by atoms with van der Waals surface area (Å²) in [5.74, 6) is -5.26. The molecule has 4 heterocycles. The monoisotopic (exact) mass is 544 g/mol. The standard InChI is InChI=1S/C19H19ClFN7O9/c1-27-7(15(30)31)2-6(26-27)3-19(16(32)33,17(34)35)36-4-8-11(29)9(21)14(37-8)28-5-23-10-12(22)24-18(20)25-13(10)28/h2,5,8-9,11,14,29H,3-4H2,1H3,(H5,22,24,25,30,31,32,33,34,35)/p+1/t8-,9+,11-,14-/m1/s1. The second-order valence-electron chi connectivity index (χ2n) is 8.16. The van der Waals surface area contributed by atoms with Crippen LogP contribution in [0.4, 0.5) is 10.2 Å². The molecule has 0 bridgehead atoms. The molecular formula is C19H20ClFN7O9+. The van der Waals surface area contributed by atoms with Crippen molar-refractivity contribution in [2.24, 2.45) is 7.05 Å². The Hall–Kier alpha value is -3.93. The van der Waals surface area contributed by atoms with Crippen molar-refractivity contribution in [2.45, 2.75) is 36.6 Å². The minimum Gasteiger partial charge on any atom is -0.479 e. The molecule has 0 radical (unpaired) electrons. The van der Waals surface area contributed by atoms with Crippen molar-refractivity contribution < 1.29 is 53.4 Å². The van der Waals surface area contributed by atoms with E-state index >= 15 is 4.39 Å². The number of aromatic amines is 1. The quantitative estimate of drug-likeness (QED) is 0.104. The lowest BCUT2D eigenvalue weighted by Crippen LogP contribution is -2.53. The number of nitrogens with two attached hydrogens (primary N) is 1. The van der Waals surface area contributed by atoms with Crippen molar-refractivity contribution in [3.05, 3.63) is 29.1 Å². The first-order valence-electron chi connectivity index (χ1n) is 10.4. The molecule has 16 nitrogen and oxygen atoms in total. The first-order chi connectivity index (χ1) is 17.4. The molecule has 3 aromatic heterocycles. The van der Waals surface area contributed by atoms with Crippen LogP contribution in [0.25, 0.3) is 11.2 Å². The Morgan fingerprint density at radius 2 is 2.00 bits per heavy atom. The molecule has 4 atom stereocenters. The molecule has 7 N–H and O–H groups in total. The highest BCUT2D eigenvalue weighted by Gasteiger charge is 2.52. The number of carbonyl (C=O) groups is 3. The van der Waals surface area contributed by atoms with E-state index in [1.165, 1.54) is 7.05 Å². The maximum atomic E-state index is 15.0. The summed E-state index contributed by atoms with van der Waals surface area (Å²) in [5.41, 5.74) is 2.54. The largest absolute Gasteiger partial charge is 0.479 e. The van der Waals surface area contributed by atoms with Gasteiger partial charge >= 0.3 is 23.6 Å². The zero-order chi connectivity index (χ0) is 27.2. The second-order valence-corrected chi connectivity index (χ2v) is 8.50. The van der Waals surface area contributed by atoms with E-state index in [0.717, 1.165) is 21.6 Å². The lowest BCUT2D eigenvalue weighted by atomic mass is 9.97. The molecule has 3 aromatic rings. The lowest BCUT2D eigenvalue weighted by Gasteiger charge is -2.26. The maximum Gasteiger partial charge on any atom is 0.403 e. The first-order valence-corrected chi connectivity index (χ1v) is 10.8. The predicted molar refractivity (Wildman–Crippen MR) is 116 cm³/mol. The number of aryl methyl sites for hydroxylation is 1. The number of aromatic carboxylic acids is 1. The predicted octanol–water partition coefficient (Wildman–Crippen LogP) is -1.32. The molecule has 4 rings (SSSR count). The third-order valence-electron chi connectivity index (χ3n) is 5.82. The number of rotatable bonds is 9. The van der Waals surface area contributed by atoms with E-state index in [4.69, 9.17) is 26.8 Å². The van der Waals surface area contributed by atoms with Crippen LogP contribution in [0, 0.1) is 0 Å². The van der Waals surface area contributed by atoms with Crippen LogP contribution >= 0.6 is 11.6 Å². The number of imidazole rings is 1. The van der Waals surface area contributed by atoms with Crippen LogP contribution < -0.4 is 10.4 Å². The van der Waals surface area contributed by atoms with Gasteiger partial charge in [-0.1, -0.05) is 0 Å². The van der Waals surface area contributed by atoms with Gasteiger partial charge in [0.25, 0.3) is 5.60 Å². The number of hydrogen-bond donors (Lipinski definition) is 6. The van der Waals surface area contributed by atoms with Crippen molar-refractivity contribution in [3.8, 4) is 0 Å². The number of aromatic nitrogens is 6. The number of nitrogen functional groups attached to an aromatic ring is 1. The zero-order valence-electron chi connectivity index (χ0n) is 18.8. The van der Waals surface area contributed by atoms with E-state index in [-0.39, 0.29) is 33.7 Å². The van der Waals surface area contributed by atoms with Crippen molar-refractivity contribution in [2.75, 3.05) is 12.3 Å². The average Bonchev–Trinajstić information content (AvgIpc) is 3.47. The van der Waals surface area contributed by atoms with Crippen LogP contribution in [0.1, 0.15) is 22.4 Å². The van der Waals surface area contributed by atoms with Gasteiger partial charge < -0.3 is 35.6 Å². The van der Waals surface area contributed by atoms with Crippen molar-refractivity contribution in [1.82, 2.24) is 24.6 Å². The molecule has 1 fully saturated rings. The van der Waals surface area contributed by atoms with E-state index in [2.05, 4.69) is 20.1 Å². The number of nitrogens with one attached hydrogen (secondary N) is 1. The van der Waals surface area contributed by atoms with Gasteiger partial charge in [0.2, 0.25) is 5.28 Å². The van der Waals surface area contributed by atoms with E-state index in [9.17, 15) is 34.8 Å². The Morgan fingerprint density at radius 3 is 2.59 bits per heavy atom. The maximum absolute atomic E-state index is 15.0. The number of aliphatic carboxylic acids is 2. The van der Waals surface area contributed by atoms with Gasteiger partial charge in [-0.25, -0.2) is 23.8 Å².